The van der Waals surface area contributed by atoms with Crippen molar-refractivity contribution in [2.75, 3.05) is 0 Å². The molecule has 15 heavy (non-hydrogen) atoms. The molecule has 0 radical (unpaired) electrons. The van der Waals surface area contributed by atoms with Crippen LogP contribution in [0.5, 0.6) is 0 Å². The molecule has 0 bridgehead atoms. The van der Waals surface area contributed by atoms with Crippen molar-refractivity contribution in [3.8, 4) is 0 Å². The second-order valence-corrected chi connectivity index (χ2v) is 6.47. The van der Waals surface area contributed by atoms with Crippen LogP contribution < -0.4 is 0 Å². The quantitative estimate of drug-likeness (QED) is 0.464. The zero-order chi connectivity index (χ0) is 10.8. The van der Waals surface area contributed by atoms with Gasteiger partial charge in [0.15, 0.2) is 0 Å². The van der Waals surface area contributed by atoms with Crippen LogP contribution in [0.3, 0.4) is 0 Å². The minimum absolute atomic E-state index is 0.164. The van der Waals surface area contributed by atoms with E-state index in [4.69, 9.17) is 0 Å². The van der Waals surface area contributed by atoms with E-state index in [1.807, 2.05) is 0 Å². The average Bonchev–Trinajstić information content (AvgIpc) is 2.75. The molecule has 1 aromatic heterocycles. The summed E-state index contributed by atoms with van der Waals surface area (Å²) >= 11 is 0. The van der Waals surface area contributed by atoms with Crippen molar-refractivity contribution in [3.05, 3.63) is 23.7 Å². The predicted octanol–water partition coefficient (Wildman–Crippen LogP) is 5.81. The van der Waals surface area contributed by atoms with E-state index in [0.29, 0.717) is 0 Å². The van der Waals surface area contributed by atoms with Gasteiger partial charge in [-0.3, -0.25) is 0 Å². The fourth-order valence-electron chi connectivity index (χ4n) is 1.95. The van der Waals surface area contributed by atoms with Gasteiger partial charge in [0.1, 0.15) is 0 Å². The summed E-state index contributed by atoms with van der Waals surface area (Å²) in [5.41, 5.74) is 0. The van der Waals surface area contributed by atoms with E-state index in [9.17, 15) is 0 Å². The number of aryl methyl sites for hydroxylation is 1. The van der Waals surface area contributed by atoms with Crippen LogP contribution in [0, 0.1) is 0 Å². The number of unbranched alkanes of at least 4 members (excludes halogenated alkanes) is 7. The molecular formula is C14H25P. The summed E-state index contributed by atoms with van der Waals surface area (Å²) in [7, 11) is 0.164. The summed E-state index contributed by atoms with van der Waals surface area (Å²) in [6, 6.07) is 4.41. The van der Waals surface area contributed by atoms with Crippen molar-refractivity contribution in [3.63, 3.8) is 0 Å². The lowest BCUT2D eigenvalue weighted by Gasteiger charge is -2.01. The Balaban J connectivity index is 1.81. The topological polar surface area (TPSA) is 0 Å². The van der Waals surface area contributed by atoms with Crippen LogP contribution in [0.4, 0.5) is 0 Å². The molecule has 0 aliphatic rings. The molecule has 0 N–H and O–H groups in total. The first-order chi connectivity index (χ1) is 7.43. The third kappa shape index (κ3) is 6.79. The fraction of sp³-hybridized carbons (Fsp3) is 0.714. The van der Waals surface area contributed by atoms with Crippen molar-refractivity contribution in [1.82, 2.24) is 0 Å². The Labute approximate surface area is 96.2 Å². The van der Waals surface area contributed by atoms with Gasteiger partial charge in [-0.1, -0.05) is 64.0 Å². The largest absolute Gasteiger partial charge is 0.125 e. The lowest BCUT2D eigenvalue weighted by Crippen LogP contribution is -1.80. The third-order valence-electron chi connectivity index (χ3n) is 2.94. The van der Waals surface area contributed by atoms with Crippen LogP contribution in [0.1, 0.15) is 58.3 Å². The molecule has 1 rings (SSSR count). The highest BCUT2D eigenvalue weighted by molar-refractivity contribution is 7.47. The standard InChI is InChI=1S/C14H25P/c1-2-3-4-5-6-7-8-9-12-15-13-10-11-14-15/h10-11,13-14H,2-9,12H2,1H3. The maximum Gasteiger partial charge on any atom is -0.0141 e. The lowest BCUT2D eigenvalue weighted by atomic mass is 10.1. The van der Waals surface area contributed by atoms with Crippen molar-refractivity contribution in [1.29, 1.82) is 0 Å². The summed E-state index contributed by atoms with van der Waals surface area (Å²) in [6.45, 7) is 2.28. The van der Waals surface area contributed by atoms with Gasteiger partial charge < -0.3 is 0 Å². The van der Waals surface area contributed by atoms with Crippen molar-refractivity contribution in [2.24, 2.45) is 0 Å². The van der Waals surface area contributed by atoms with Crippen LogP contribution in [0.15, 0.2) is 23.7 Å². The summed E-state index contributed by atoms with van der Waals surface area (Å²) in [5.74, 6) is 4.77. The summed E-state index contributed by atoms with van der Waals surface area (Å²) < 4.78 is 0. The molecule has 0 saturated heterocycles. The molecule has 1 heterocycles. The Bertz CT molecular complexity index is 213. The van der Waals surface area contributed by atoms with Gasteiger partial charge in [0.25, 0.3) is 0 Å². The summed E-state index contributed by atoms with van der Waals surface area (Å²) in [5, 5.41) is 0. The Morgan fingerprint density at radius 1 is 0.733 bits per heavy atom. The second-order valence-electron chi connectivity index (χ2n) is 4.40. The van der Waals surface area contributed by atoms with E-state index < -0.39 is 0 Å². The Morgan fingerprint density at radius 2 is 1.27 bits per heavy atom. The molecule has 0 amide bonds. The highest BCUT2D eigenvalue weighted by Gasteiger charge is 1.93. The average molecular weight is 224 g/mol. The van der Waals surface area contributed by atoms with Crippen LogP contribution in [0.2, 0.25) is 0 Å². The summed E-state index contributed by atoms with van der Waals surface area (Å²) in [4.78, 5) is 0. The van der Waals surface area contributed by atoms with Crippen molar-refractivity contribution >= 4 is 7.53 Å². The normalized spacial score (nSPS) is 10.7. The first-order valence-electron chi connectivity index (χ1n) is 6.54. The van der Waals surface area contributed by atoms with Gasteiger partial charge in [-0.2, -0.15) is 0 Å². The highest BCUT2D eigenvalue weighted by Crippen LogP contribution is 2.29. The van der Waals surface area contributed by atoms with Gasteiger partial charge in [-0.25, -0.2) is 0 Å². The zero-order valence-corrected chi connectivity index (χ0v) is 11.0. The van der Waals surface area contributed by atoms with Gasteiger partial charge in [0.05, 0.1) is 0 Å². The highest BCUT2D eigenvalue weighted by atomic mass is 31.1. The zero-order valence-electron chi connectivity index (χ0n) is 10.1. The molecule has 86 valence electrons. The van der Waals surface area contributed by atoms with Gasteiger partial charge in [0.2, 0.25) is 0 Å². The number of rotatable bonds is 9. The van der Waals surface area contributed by atoms with Gasteiger partial charge in [0, 0.05) is 0 Å². The minimum atomic E-state index is 0.164. The second kappa shape index (κ2) is 9.04. The van der Waals surface area contributed by atoms with Crippen LogP contribution in [-0.4, -0.2) is 0 Å². The van der Waals surface area contributed by atoms with E-state index in [2.05, 4.69) is 30.7 Å². The van der Waals surface area contributed by atoms with E-state index in [1.165, 1.54) is 57.5 Å². The van der Waals surface area contributed by atoms with Crippen molar-refractivity contribution in [2.45, 2.75) is 64.5 Å². The van der Waals surface area contributed by atoms with E-state index in [1.54, 1.807) is 0 Å². The SMILES string of the molecule is CCCCCCCCCCp1cccc1. The molecule has 0 unspecified atom stereocenters. The Hall–Kier alpha value is -0.220. The van der Waals surface area contributed by atoms with Gasteiger partial charge in [-0.15, -0.1) is 7.53 Å². The monoisotopic (exact) mass is 224 g/mol. The molecule has 1 heteroatoms. The number of hydrogen-bond acceptors (Lipinski definition) is 0. The molecule has 0 spiro atoms. The Morgan fingerprint density at radius 3 is 1.87 bits per heavy atom. The molecule has 0 aromatic carbocycles. The maximum absolute atomic E-state index is 2.39. The number of hydrogen-bond donors (Lipinski definition) is 0. The van der Waals surface area contributed by atoms with E-state index in [0.717, 1.165) is 0 Å². The molecule has 1 aromatic rings. The van der Waals surface area contributed by atoms with Crippen LogP contribution in [0.25, 0.3) is 0 Å². The minimum Gasteiger partial charge on any atom is -0.125 e. The molecular weight excluding hydrogens is 199 g/mol. The van der Waals surface area contributed by atoms with Gasteiger partial charge in [-0.05, 0) is 24.2 Å². The van der Waals surface area contributed by atoms with E-state index >= 15 is 0 Å². The van der Waals surface area contributed by atoms with Crippen LogP contribution in [-0.2, 0) is 6.16 Å². The smallest absolute Gasteiger partial charge is 0.0141 e. The molecule has 0 fully saturated rings. The molecule has 0 aliphatic carbocycles. The first kappa shape index (κ1) is 12.8. The van der Waals surface area contributed by atoms with Crippen molar-refractivity contribution < 1.29 is 0 Å². The molecule has 0 saturated carbocycles. The lowest BCUT2D eigenvalue weighted by molar-refractivity contribution is 0.582. The van der Waals surface area contributed by atoms with Gasteiger partial charge >= 0.3 is 0 Å². The molecule has 0 nitrogen and oxygen atoms in total. The predicted molar refractivity (Wildman–Crippen MR) is 71.8 cm³/mol. The first-order valence-corrected chi connectivity index (χ1v) is 8.20. The molecule has 0 atom stereocenters. The van der Waals surface area contributed by atoms with E-state index in [-0.39, 0.29) is 7.53 Å². The maximum atomic E-state index is 2.39. The molecule has 0 aliphatic heterocycles. The van der Waals surface area contributed by atoms with Crippen LogP contribution >= 0.6 is 7.53 Å². The Kier molecular flexibility index (Phi) is 7.74. The summed E-state index contributed by atoms with van der Waals surface area (Å²) in [6.07, 6.45) is 12.9. The fourth-order valence-corrected chi connectivity index (χ4v) is 3.57. The third-order valence-corrected chi connectivity index (χ3v) is 4.88.